The summed E-state index contributed by atoms with van der Waals surface area (Å²) in [5.41, 5.74) is 3.84. The first-order valence-electron chi connectivity index (χ1n) is 5.36. The van der Waals surface area contributed by atoms with E-state index in [1.54, 1.807) is 11.1 Å². The second-order valence-corrected chi connectivity index (χ2v) is 4.76. The van der Waals surface area contributed by atoms with Gasteiger partial charge in [0.1, 0.15) is 0 Å². The highest BCUT2D eigenvalue weighted by molar-refractivity contribution is 5.41. The molecule has 0 heteroatoms. The second kappa shape index (κ2) is 2.37. The highest BCUT2D eigenvalue weighted by Gasteiger charge is 2.46. The van der Waals surface area contributed by atoms with E-state index in [2.05, 4.69) is 31.2 Å². The number of rotatable bonds is 1. The Hall–Kier alpha value is -0.780. The summed E-state index contributed by atoms with van der Waals surface area (Å²) < 4.78 is 0. The van der Waals surface area contributed by atoms with Crippen molar-refractivity contribution in [2.45, 2.75) is 32.6 Å². The Labute approximate surface area is 80.0 Å². The van der Waals surface area contributed by atoms with E-state index in [0.717, 1.165) is 5.92 Å². The molecule has 2 unspecified atom stereocenters. The first kappa shape index (κ1) is 7.61. The predicted molar refractivity (Wildman–Crippen MR) is 55.4 cm³/mol. The van der Waals surface area contributed by atoms with E-state index in [0.29, 0.717) is 5.41 Å². The summed E-state index contributed by atoms with van der Waals surface area (Å²) in [5, 5.41) is 0. The smallest absolute Gasteiger partial charge is 0.0130 e. The predicted octanol–water partition coefficient (Wildman–Crippen LogP) is 3.62. The molecule has 3 rings (SSSR count). The zero-order valence-electron chi connectivity index (χ0n) is 8.22. The van der Waals surface area contributed by atoms with Crippen molar-refractivity contribution in [3.8, 4) is 0 Å². The van der Waals surface area contributed by atoms with Gasteiger partial charge in [0.05, 0.1) is 0 Å². The highest BCUT2D eigenvalue weighted by Crippen LogP contribution is 2.58. The largest absolute Gasteiger partial charge is 0.0816 e. The van der Waals surface area contributed by atoms with Crippen LogP contribution in [0.5, 0.6) is 0 Å². The fraction of sp³-hybridized carbons (Fsp3) is 0.538. The monoisotopic (exact) mass is 172 g/mol. The van der Waals surface area contributed by atoms with Crippen molar-refractivity contribution in [3.63, 3.8) is 0 Å². The molecule has 68 valence electrons. The molecule has 0 aromatic heterocycles. The maximum absolute atomic E-state index is 2.52. The van der Waals surface area contributed by atoms with E-state index in [9.17, 15) is 0 Å². The molecule has 0 aromatic carbocycles. The van der Waals surface area contributed by atoms with Crippen molar-refractivity contribution in [2.24, 2.45) is 11.3 Å². The summed E-state index contributed by atoms with van der Waals surface area (Å²) in [6.45, 7) is 2.33. The molecule has 3 aliphatic carbocycles. The van der Waals surface area contributed by atoms with Crippen LogP contribution in [0.1, 0.15) is 32.6 Å². The van der Waals surface area contributed by atoms with Gasteiger partial charge in [0, 0.05) is 5.41 Å². The van der Waals surface area contributed by atoms with Crippen LogP contribution in [0.2, 0.25) is 0 Å². The van der Waals surface area contributed by atoms with Crippen LogP contribution in [0, 0.1) is 11.3 Å². The number of hydrogen-bond acceptors (Lipinski definition) is 0. The Bertz CT molecular complexity index is 330. The Balaban J connectivity index is 2.01. The SMILES string of the molecule is CC1=CC2CCC1(C1=CC=CC1)C2. The van der Waals surface area contributed by atoms with Crippen LogP contribution in [-0.2, 0) is 0 Å². The van der Waals surface area contributed by atoms with Crippen LogP contribution < -0.4 is 0 Å². The van der Waals surface area contributed by atoms with Gasteiger partial charge < -0.3 is 0 Å². The molecule has 0 N–H and O–H groups in total. The van der Waals surface area contributed by atoms with E-state index < -0.39 is 0 Å². The van der Waals surface area contributed by atoms with E-state index in [4.69, 9.17) is 0 Å². The minimum absolute atomic E-state index is 0.508. The van der Waals surface area contributed by atoms with Gasteiger partial charge in [-0.1, -0.05) is 35.5 Å². The molecule has 1 saturated carbocycles. The van der Waals surface area contributed by atoms with Crippen LogP contribution >= 0.6 is 0 Å². The summed E-state index contributed by atoms with van der Waals surface area (Å²) in [4.78, 5) is 0. The van der Waals surface area contributed by atoms with Crippen molar-refractivity contribution in [2.75, 3.05) is 0 Å². The molecule has 0 saturated heterocycles. The van der Waals surface area contributed by atoms with Crippen LogP contribution in [0.15, 0.2) is 35.5 Å². The standard InChI is InChI=1S/C13H16/c1-10-8-11-6-7-13(10,9-11)12-4-2-3-5-12/h2-4,8,11H,5-7,9H2,1H3. The van der Waals surface area contributed by atoms with E-state index in [1.807, 2.05) is 0 Å². The molecule has 3 aliphatic rings. The van der Waals surface area contributed by atoms with E-state index in [-0.39, 0.29) is 0 Å². The van der Waals surface area contributed by atoms with Crippen LogP contribution in [0.25, 0.3) is 0 Å². The topological polar surface area (TPSA) is 0 Å². The van der Waals surface area contributed by atoms with E-state index in [1.165, 1.54) is 25.7 Å². The molecule has 0 aromatic rings. The van der Waals surface area contributed by atoms with Crippen LogP contribution in [0.3, 0.4) is 0 Å². The van der Waals surface area contributed by atoms with E-state index >= 15 is 0 Å². The van der Waals surface area contributed by atoms with Crippen molar-refractivity contribution in [3.05, 3.63) is 35.5 Å². The lowest BCUT2D eigenvalue weighted by molar-refractivity contribution is 0.451. The van der Waals surface area contributed by atoms with Gasteiger partial charge in [0.15, 0.2) is 0 Å². The van der Waals surface area contributed by atoms with Crippen LogP contribution in [-0.4, -0.2) is 0 Å². The molecule has 0 aliphatic heterocycles. The number of allylic oxidation sites excluding steroid dienone is 6. The fourth-order valence-electron chi connectivity index (χ4n) is 3.44. The molecule has 0 amide bonds. The van der Waals surface area contributed by atoms with Crippen molar-refractivity contribution in [1.29, 1.82) is 0 Å². The Kier molecular flexibility index (Phi) is 1.39. The Morgan fingerprint density at radius 2 is 2.38 bits per heavy atom. The average Bonchev–Trinajstić information content (AvgIpc) is 2.76. The fourth-order valence-corrected chi connectivity index (χ4v) is 3.44. The minimum atomic E-state index is 0.508. The normalized spacial score (nSPS) is 41.2. The highest BCUT2D eigenvalue weighted by atomic mass is 14.5. The summed E-state index contributed by atoms with van der Waals surface area (Å²) >= 11 is 0. The molecule has 0 heterocycles. The lowest BCUT2D eigenvalue weighted by Crippen LogP contribution is -2.18. The molecule has 2 bridgehead atoms. The van der Waals surface area contributed by atoms with Gasteiger partial charge in [-0.15, -0.1) is 0 Å². The van der Waals surface area contributed by atoms with Gasteiger partial charge in [-0.2, -0.15) is 0 Å². The molecular weight excluding hydrogens is 156 g/mol. The molecule has 0 spiro atoms. The Morgan fingerprint density at radius 3 is 2.92 bits per heavy atom. The van der Waals surface area contributed by atoms with Gasteiger partial charge in [0.25, 0.3) is 0 Å². The van der Waals surface area contributed by atoms with Gasteiger partial charge in [-0.25, -0.2) is 0 Å². The summed E-state index contributed by atoms with van der Waals surface area (Å²) in [7, 11) is 0. The van der Waals surface area contributed by atoms with Gasteiger partial charge in [-0.05, 0) is 38.5 Å². The maximum Gasteiger partial charge on any atom is 0.0130 e. The molecule has 13 heavy (non-hydrogen) atoms. The third kappa shape index (κ3) is 0.864. The third-order valence-electron chi connectivity index (χ3n) is 4.18. The minimum Gasteiger partial charge on any atom is -0.0816 e. The molecule has 1 fully saturated rings. The first-order valence-corrected chi connectivity index (χ1v) is 5.36. The zero-order valence-corrected chi connectivity index (χ0v) is 8.22. The van der Waals surface area contributed by atoms with Gasteiger partial charge in [0.2, 0.25) is 0 Å². The quantitative estimate of drug-likeness (QED) is 0.530. The molecule has 0 radical (unpaired) electrons. The maximum atomic E-state index is 2.52. The van der Waals surface area contributed by atoms with Crippen molar-refractivity contribution in [1.82, 2.24) is 0 Å². The van der Waals surface area contributed by atoms with Crippen LogP contribution in [0.4, 0.5) is 0 Å². The summed E-state index contributed by atoms with van der Waals surface area (Å²) in [6.07, 6.45) is 14.8. The molecule has 2 atom stereocenters. The third-order valence-corrected chi connectivity index (χ3v) is 4.18. The first-order chi connectivity index (χ1) is 6.31. The molecular formula is C13H16. The zero-order chi connectivity index (χ0) is 8.89. The lowest BCUT2D eigenvalue weighted by Gasteiger charge is -2.30. The lowest BCUT2D eigenvalue weighted by atomic mass is 9.74. The van der Waals surface area contributed by atoms with Gasteiger partial charge in [-0.3, -0.25) is 0 Å². The van der Waals surface area contributed by atoms with Gasteiger partial charge >= 0.3 is 0 Å². The van der Waals surface area contributed by atoms with Crippen molar-refractivity contribution < 1.29 is 0 Å². The summed E-state index contributed by atoms with van der Waals surface area (Å²) in [5.74, 6) is 0.904. The number of fused-ring (bicyclic) bond motifs is 2. The second-order valence-electron chi connectivity index (χ2n) is 4.76. The summed E-state index contributed by atoms with van der Waals surface area (Å²) in [6, 6.07) is 0. The number of hydrogen-bond donors (Lipinski definition) is 0. The molecule has 0 nitrogen and oxygen atoms in total. The van der Waals surface area contributed by atoms with Crippen molar-refractivity contribution >= 4 is 0 Å². The Morgan fingerprint density at radius 1 is 1.46 bits per heavy atom. The average molecular weight is 172 g/mol.